The van der Waals surface area contributed by atoms with E-state index in [0.29, 0.717) is 31.1 Å². The Kier molecular flexibility index (Phi) is 20.6. The molecular weight excluding hydrogens is 1130 g/mol. The SMILES string of the molecule is CC(C)=CCC[C@@H](C)[C@H]1CC[C@H]2[C@@H]3[C@H](O)C[C@@H]4C[C@H](O)CC(C(=O)SCCNC(=O)CCNC(=O)C(O)C(C)(C)COP(=O)(O)OP(=O)(O)OC[C@H]5O[C@@H](n6cnc7c(N)ncnc76)[C@H](O)[C@@H]5OP(=O)(O)O)[C@]4(C)[C@H]3C[C@H](O)[C@]12C. The number of allylic oxidation sites excluding steroid dienone is 2. The third-order valence-electron chi connectivity index (χ3n) is 17.9. The van der Waals surface area contributed by atoms with Crippen LogP contribution >= 0.6 is 35.2 Å². The van der Waals surface area contributed by atoms with Crippen molar-refractivity contribution in [1.29, 1.82) is 0 Å². The summed E-state index contributed by atoms with van der Waals surface area (Å²) in [6.45, 7) is 11.1. The molecule has 3 heterocycles. The van der Waals surface area contributed by atoms with Crippen molar-refractivity contribution in [2.24, 2.45) is 57.7 Å². The highest BCUT2D eigenvalue weighted by Crippen LogP contribution is 2.70. The molecule has 27 nitrogen and oxygen atoms in total. The second-order valence-corrected chi connectivity index (χ2v) is 29.0. The summed E-state index contributed by atoms with van der Waals surface area (Å²) in [5.41, 5.74) is 4.58. The van der Waals surface area contributed by atoms with Gasteiger partial charge in [0.2, 0.25) is 11.8 Å². The first-order valence-electron chi connectivity index (χ1n) is 26.9. The number of carbonyl (C=O) groups excluding carboxylic acids is 3. The van der Waals surface area contributed by atoms with Crippen molar-refractivity contribution in [3.05, 3.63) is 24.3 Å². The van der Waals surface area contributed by atoms with E-state index in [1.165, 1.54) is 19.4 Å². The molecule has 2 aromatic rings. The molecule has 0 aromatic carbocycles. The van der Waals surface area contributed by atoms with E-state index in [2.05, 4.69) is 75.1 Å². The number of thioether (sulfide) groups is 1. The zero-order valence-corrected chi connectivity index (χ0v) is 49.4. The fourth-order valence-electron chi connectivity index (χ4n) is 13.8. The Morgan fingerprint density at radius 2 is 1.65 bits per heavy atom. The lowest BCUT2D eigenvalue weighted by Gasteiger charge is -2.65. The fraction of sp³-hybridized carbons (Fsp3) is 0.796. The molecule has 19 atom stereocenters. The van der Waals surface area contributed by atoms with Crippen LogP contribution in [-0.4, -0.2) is 156 Å². The molecule has 5 aliphatic rings. The molecule has 2 aromatic heterocycles. The molecule has 1 aliphatic heterocycles. The quantitative estimate of drug-likeness (QED) is 0.0408. The molecule has 0 bridgehead atoms. The highest BCUT2D eigenvalue weighted by atomic mass is 32.2. The third kappa shape index (κ3) is 14.3. The van der Waals surface area contributed by atoms with E-state index >= 15 is 0 Å². The van der Waals surface area contributed by atoms with Crippen molar-refractivity contribution in [3.8, 4) is 0 Å². The average molecular weight is 1210 g/mol. The molecule has 0 spiro atoms. The number of imidazole rings is 1. The van der Waals surface area contributed by atoms with Gasteiger partial charge in [-0.2, -0.15) is 4.31 Å². The maximum atomic E-state index is 14.2. The predicted octanol–water partition coefficient (Wildman–Crippen LogP) is 3.23. The number of phosphoric ester groups is 3. The summed E-state index contributed by atoms with van der Waals surface area (Å²) in [5, 5.41) is 62.0. The molecule has 13 N–H and O–H groups in total. The Morgan fingerprint density at radius 1 is 0.950 bits per heavy atom. The molecule has 4 unspecified atom stereocenters. The van der Waals surface area contributed by atoms with Crippen molar-refractivity contribution < 1.29 is 95.8 Å². The van der Waals surface area contributed by atoms with Crippen LogP contribution in [-0.2, 0) is 50.7 Å². The first kappa shape index (κ1) is 64.7. The smallest absolute Gasteiger partial charge is 0.393 e. The number of rotatable bonds is 24. The lowest BCUT2D eigenvalue weighted by molar-refractivity contribution is -0.219. The second-order valence-electron chi connectivity index (χ2n) is 23.7. The van der Waals surface area contributed by atoms with Crippen LogP contribution in [0.3, 0.4) is 0 Å². The number of phosphoric acid groups is 3. The van der Waals surface area contributed by atoms with Crippen LogP contribution in [0, 0.1) is 57.7 Å². The van der Waals surface area contributed by atoms with Gasteiger partial charge in [-0.3, -0.25) is 32.5 Å². The number of hydrogen-bond acceptors (Lipinski definition) is 21. The third-order valence-corrected chi connectivity index (χ3v) is 21.9. The van der Waals surface area contributed by atoms with Crippen molar-refractivity contribution >= 4 is 69.1 Å². The van der Waals surface area contributed by atoms with Crippen LogP contribution in [0.15, 0.2) is 24.3 Å². The first-order chi connectivity index (χ1) is 37.2. The molecule has 2 amide bonds. The summed E-state index contributed by atoms with van der Waals surface area (Å²) in [4.78, 5) is 91.6. The molecule has 5 fully saturated rings. The zero-order chi connectivity index (χ0) is 59.1. The van der Waals surface area contributed by atoms with Crippen molar-refractivity contribution in [3.63, 3.8) is 0 Å². The lowest BCUT2D eigenvalue weighted by Crippen LogP contribution is -2.65. The van der Waals surface area contributed by atoms with Crippen LogP contribution in [0.2, 0.25) is 0 Å². The largest absolute Gasteiger partial charge is 0.481 e. The van der Waals surface area contributed by atoms with Crippen molar-refractivity contribution in [2.75, 3.05) is 37.8 Å². The van der Waals surface area contributed by atoms with Crippen LogP contribution in [0.1, 0.15) is 112 Å². The number of carbonyl (C=O) groups is 3. The number of nitrogen functional groups attached to an aromatic ring is 1. The number of aliphatic hydroxyl groups excluding tert-OH is 5. The van der Waals surface area contributed by atoms with E-state index < -0.39 is 114 Å². The van der Waals surface area contributed by atoms with Gasteiger partial charge in [-0.15, -0.1) is 0 Å². The molecule has 31 heteroatoms. The van der Waals surface area contributed by atoms with E-state index in [4.69, 9.17) is 19.5 Å². The van der Waals surface area contributed by atoms with Crippen LogP contribution < -0.4 is 16.4 Å². The lowest BCUT2D eigenvalue weighted by atomic mass is 9.41. The van der Waals surface area contributed by atoms with Crippen molar-refractivity contribution in [1.82, 2.24) is 30.2 Å². The monoisotopic (exact) mass is 1210 g/mol. The number of amides is 2. The number of nitrogens with one attached hydrogen (secondary N) is 2. The van der Waals surface area contributed by atoms with Gasteiger partial charge in [0, 0.05) is 36.6 Å². The van der Waals surface area contributed by atoms with Gasteiger partial charge in [0.25, 0.3) is 0 Å². The standard InChI is InChI=1S/C49H80N7O20P3S/c1-25(2)9-8-10-26(3)29-11-12-30-37-31(20-35(59)49(29,30)7)48(6)27(18-33(37)58)17-28(57)19-32(48)46(64)80-16-15-51-36(60)13-14-52-44(63)41(62)47(4,5)22-73-79(70,71)76-78(68,69)72-21-34-40(75-77(65,66)67)39(61)45(74-34)56-24-55-38-42(50)53-23-54-43(38)56/h9,23-24,26-35,37,39-41,45,57-59,61-62H,8,10-22H2,1-7H3,(H,51,60)(H,52,63)(H,68,69)(H,70,71)(H2,50,53,54)(H2,65,66,67)/t26-,27+,28+,29-,30+,31+,32?,33-,34-,35+,37+,39-,40-,41?,45-,48+,49-/m1/s1. The summed E-state index contributed by atoms with van der Waals surface area (Å²) in [5.74, 6) is -1.40. The second kappa shape index (κ2) is 25.4. The van der Waals surface area contributed by atoms with E-state index in [-0.39, 0.29) is 82.9 Å². The Hall–Kier alpha value is -2.82. The molecule has 452 valence electrons. The molecule has 80 heavy (non-hydrogen) atoms. The van der Waals surface area contributed by atoms with Crippen LogP contribution in [0.25, 0.3) is 11.2 Å². The number of aliphatic hydroxyl groups is 5. The van der Waals surface area contributed by atoms with Gasteiger partial charge in [0.1, 0.15) is 36.3 Å². The Labute approximate surface area is 468 Å². The molecule has 4 aliphatic carbocycles. The highest BCUT2D eigenvalue weighted by Gasteiger charge is 2.68. The number of aromatic nitrogens is 4. The number of nitrogens with zero attached hydrogens (tertiary/aromatic N) is 4. The minimum absolute atomic E-state index is 0.0213. The van der Waals surface area contributed by atoms with Crippen LogP contribution in [0.4, 0.5) is 5.82 Å². The van der Waals surface area contributed by atoms with Gasteiger partial charge in [-0.1, -0.05) is 58.0 Å². The van der Waals surface area contributed by atoms with Gasteiger partial charge in [0.05, 0.1) is 37.9 Å². The number of nitrogens with two attached hydrogens (primary N) is 1. The van der Waals surface area contributed by atoms with Crippen molar-refractivity contribution in [2.45, 2.75) is 155 Å². The van der Waals surface area contributed by atoms with Gasteiger partial charge in [0.15, 0.2) is 22.8 Å². The van der Waals surface area contributed by atoms with Crippen LogP contribution in [0.5, 0.6) is 0 Å². The summed E-state index contributed by atoms with van der Waals surface area (Å²) in [6.07, 6.45) is -1.21. The summed E-state index contributed by atoms with van der Waals surface area (Å²) >= 11 is 1.07. The predicted molar refractivity (Wildman–Crippen MR) is 288 cm³/mol. The summed E-state index contributed by atoms with van der Waals surface area (Å²) in [7, 11) is -16.5. The normalized spacial score (nSPS) is 34.7. The van der Waals surface area contributed by atoms with Gasteiger partial charge >= 0.3 is 23.5 Å². The number of fused-ring (bicyclic) bond motifs is 6. The number of anilines is 1. The Balaban J connectivity index is 0.845. The number of hydrogen-bond donors (Lipinski definition) is 12. The molecule has 4 saturated carbocycles. The van der Waals surface area contributed by atoms with Gasteiger partial charge in [-0.05, 0) is 112 Å². The van der Waals surface area contributed by atoms with E-state index in [9.17, 15) is 73.2 Å². The van der Waals surface area contributed by atoms with E-state index in [0.717, 1.165) is 54.7 Å². The number of ether oxygens (including phenoxy) is 1. The van der Waals surface area contributed by atoms with E-state index in [1.54, 1.807) is 0 Å². The van der Waals surface area contributed by atoms with Gasteiger partial charge in [-0.25, -0.2) is 28.6 Å². The molecule has 0 radical (unpaired) electrons. The highest BCUT2D eigenvalue weighted by molar-refractivity contribution is 8.13. The van der Waals surface area contributed by atoms with E-state index in [1.807, 2.05) is 0 Å². The molecule has 1 saturated heterocycles. The Bertz CT molecular complexity index is 2730. The minimum atomic E-state index is -5.62. The zero-order valence-electron chi connectivity index (χ0n) is 45.9. The average Bonchev–Trinajstić information content (AvgIpc) is 3.31. The topological polar surface area (TPSA) is 424 Å². The summed E-state index contributed by atoms with van der Waals surface area (Å²) in [6, 6.07) is 0. The molecular formula is C49H80N7O20P3S. The minimum Gasteiger partial charge on any atom is -0.393 e. The first-order valence-corrected chi connectivity index (χ1v) is 32.4. The Morgan fingerprint density at radius 3 is 2.34 bits per heavy atom. The molecule has 7 rings (SSSR count). The summed E-state index contributed by atoms with van der Waals surface area (Å²) < 4.78 is 63.0. The maximum absolute atomic E-state index is 14.2. The fourth-order valence-corrected chi connectivity index (χ4v) is 17.6. The maximum Gasteiger partial charge on any atom is 0.481 e. The van der Waals surface area contributed by atoms with Gasteiger partial charge < -0.3 is 66.2 Å².